The molecule has 0 spiro atoms. The zero-order valence-corrected chi connectivity index (χ0v) is 13.0. The Morgan fingerprint density at radius 1 is 1.24 bits per heavy atom. The molecule has 1 amide bonds. The topological polar surface area (TPSA) is 75.4 Å². The summed E-state index contributed by atoms with van der Waals surface area (Å²) in [7, 11) is 0. The number of halogens is 1. The summed E-state index contributed by atoms with van der Waals surface area (Å²) in [6.07, 6.45) is 0.583. The van der Waals surface area contributed by atoms with Gasteiger partial charge >= 0.3 is 0 Å². The van der Waals surface area contributed by atoms with Crippen LogP contribution in [0.15, 0.2) is 53.0 Å². The summed E-state index contributed by atoms with van der Waals surface area (Å²) in [4.78, 5) is 12.2. The lowest BCUT2D eigenvalue weighted by Gasteiger charge is -2.16. The first-order valence-electron chi connectivity index (χ1n) is 6.61. The summed E-state index contributed by atoms with van der Waals surface area (Å²) in [5, 5.41) is 12.3. The molecule has 0 aromatic heterocycles. The van der Waals surface area contributed by atoms with Crippen molar-refractivity contribution in [1.82, 2.24) is 5.32 Å². The van der Waals surface area contributed by atoms with Crippen LogP contribution in [-0.4, -0.2) is 23.7 Å². The largest absolute Gasteiger partial charge is 0.398 e. The number of hydrogen-bond acceptors (Lipinski definition) is 3. The zero-order valence-electron chi connectivity index (χ0n) is 11.4. The Morgan fingerprint density at radius 3 is 2.57 bits per heavy atom. The third-order valence-corrected chi connectivity index (χ3v) is 3.83. The van der Waals surface area contributed by atoms with Gasteiger partial charge in [-0.25, -0.2) is 0 Å². The maximum absolute atomic E-state index is 12.2. The second-order valence-electron chi connectivity index (χ2n) is 4.78. The van der Waals surface area contributed by atoms with Gasteiger partial charge in [-0.1, -0.05) is 30.3 Å². The van der Waals surface area contributed by atoms with E-state index in [-0.39, 0.29) is 18.6 Å². The van der Waals surface area contributed by atoms with Crippen molar-refractivity contribution >= 4 is 27.5 Å². The monoisotopic (exact) mass is 348 g/mol. The van der Waals surface area contributed by atoms with E-state index in [4.69, 9.17) is 5.73 Å². The van der Waals surface area contributed by atoms with Gasteiger partial charge in [0.05, 0.1) is 12.6 Å². The Kier molecular flexibility index (Phi) is 5.36. The minimum absolute atomic E-state index is 0.114. The minimum Gasteiger partial charge on any atom is -0.398 e. The van der Waals surface area contributed by atoms with Crippen LogP contribution in [0.3, 0.4) is 0 Å². The van der Waals surface area contributed by atoms with Gasteiger partial charge in [0.1, 0.15) is 0 Å². The number of aliphatic hydroxyl groups excluding tert-OH is 1. The van der Waals surface area contributed by atoms with E-state index in [9.17, 15) is 9.90 Å². The van der Waals surface area contributed by atoms with Gasteiger partial charge in [-0.2, -0.15) is 0 Å². The highest BCUT2D eigenvalue weighted by atomic mass is 79.9. The lowest BCUT2D eigenvalue weighted by molar-refractivity contribution is 0.0916. The number of aliphatic hydroxyl groups is 1. The Hall–Kier alpha value is -1.85. The van der Waals surface area contributed by atoms with Gasteiger partial charge in [0.2, 0.25) is 0 Å². The number of nitrogens with one attached hydrogen (secondary N) is 1. The van der Waals surface area contributed by atoms with Crippen LogP contribution in [0, 0.1) is 0 Å². The van der Waals surface area contributed by atoms with Crippen molar-refractivity contribution in [2.45, 2.75) is 12.5 Å². The molecule has 110 valence electrons. The quantitative estimate of drug-likeness (QED) is 0.726. The third kappa shape index (κ3) is 4.31. The van der Waals surface area contributed by atoms with Crippen LogP contribution >= 0.6 is 15.9 Å². The summed E-state index contributed by atoms with van der Waals surface area (Å²) in [6, 6.07) is 14.4. The molecule has 0 aliphatic rings. The number of rotatable bonds is 5. The number of carbonyl (C=O) groups is 1. The number of anilines is 1. The van der Waals surface area contributed by atoms with Gasteiger partial charge in [-0.05, 0) is 46.1 Å². The molecule has 2 aromatic carbocycles. The number of amides is 1. The second-order valence-corrected chi connectivity index (χ2v) is 5.63. The normalized spacial score (nSPS) is 11.9. The summed E-state index contributed by atoms with van der Waals surface area (Å²) in [5.74, 6) is -0.231. The van der Waals surface area contributed by atoms with Crippen molar-refractivity contribution in [3.63, 3.8) is 0 Å². The lowest BCUT2D eigenvalue weighted by Crippen LogP contribution is -2.39. The molecule has 0 saturated carbocycles. The first kappa shape index (κ1) is 15.5. The predicted molar refractivity (Wildman–Crippen MR) is 87.0 cm³/mol. The fourth-order valence-corrected chi connectivity index (χ4v) is 2.38. The standard InChI is InChI=1S/C16H17BrN2O2/c17-14-9-12(6-7-15(14)18)16(21)19-13(10-20)8-11-4-2-1-3-5-11/h1-7,9,13,20H,8,10,18H2,(H,19,21)/t13-/m0/s1. The van der Waals surface area contributed by atoms with E-state index >= 15 is 0 Å². The Morgan fingerprint density at radius 2 is 1.95 bits per heavy atom. The number of nitrogens with two attached hydrogens (primary N) is 1. The SMILES string of the molecule is Nc1ccc(C(=O)N[C@H](CO)Cc2ccccc2)cc1Br. The van der Waals surface area contributed by atoms with Crippen molar-refractivity contribution in [3.8, 4) is 0 Å². The van der Waals surface area contributed by atoms with Crippen LogP contribution in [0.25, 0.3) is 0 Å². The summed E-state index contributed by atoms with van der Waals surface area (Å²) >= 11 is 3.30. The molecule has 0 aliphatic heterocycles. The first-order valence-corrected chi connectivity index (χ1v) is 7.40. The summed E-state index contributed by atoms with van der Waals surface area (Å²) < 4.78 is 0.679. The number of hydrogen-bond donors (Lipinski definition) is 3. The van der Waals surface area contributed by atoms with Crippen LogP contribution in [0.4, 0.5) is 5.69 Å². The first-order chi connectivity index (χ1) is 10.1. The Balaban J connectivity index is 2.04. The number of nitrogen functional groups attached to an aromatic ring is 1. The third-order valence-electron chi connectivity index (χ3n) is 3.14. The van der Waals surface area contributed by atoms with Crippen LogP contribution in [0.2, 0.25) is 0 Å². The van der Waals surface area contributed by atoms with Crippen molar-refractivity contribution in [2.75, 3.05) is 12.3 Å². The number of benzene rings is 2. The fourth-order valence-electron chi connectivity index (χ4n) is 2.00. The van der Waals surface area contributed by atoms with Crippen molar-refractivity contribution < 1.29 is 9.90 Å². The molecule has 0 fully saturated rings. The van der Waals surface area contributed by atoms with E-state index in [1.165, 1.54) is 0 Å². The second kappa shape index (κ2) is 7.24. The molecule has 5 heteroatoms. The molecular weight excluding hydrogens is 332 g/mol. The van der Waals surface area contributed by atoms with Gasteiger partial charge in [-0.15, -0.1) is 0 Å². The van der Waals surface area contributed by atoms with Crippen LogP contribution in [0.5, 0.6) is 0 Å². The Bertz CT molecular complexity index is 617. The zero-order chi connectivity index (χ0) is 15.2. The molecule has 0 bridgehead atoms. The van der Waals surface area contributed by atoms with E-state index in [0.29, 0.717) is 22.1 Å². The van der Waals surface area contributed by atoms with Gasteiger partial charge in [0.15, 0.2) is 0 Å². The molecule has 1 atom stereocenters. The van der Waals surface area contributed by atoms with E-state index < -0.39 is 0 Å². The van der Waals surface area contributed by atoms with Crippen LogP contribution < -0.4 is 11.1 Å². The maximum Gasteiger partial charge on any atom is 0.251 e. The maximum atomic E-state index is 12.2. The van der Waals surface area contributed by atoms with E-state index in [0.717, 1.165) is 5.56 Å². The molecule has 0 unspecified atom stereocenters. The average molecular weight is 349 g/mol. The molecule has 0 aliphatic carbocycles. The van der Waals surface area contributed by atoms with E-state index in [1.54, 1.807) is 18.2 Å². The van der Waals surface area contributed by atoms with Crippen molar-refractivity contribution in [3.05, 3.63) is 64.1 Å². The van der Waals surface area contributed by atoms with Crippen LogP contribution in [0.1, 0.15) is 15.9 Å². The molecule has 0 radical (unpaired) electrons. The molecule has 4 N–H and O–H groups in total. The molecule has 4 nitrogen and oxygen atoms in total. The Labute approximate surface area is 132 Å². The molecule has 0 saturated heterocycles. The van der Waals surface area contributed by atoms with Crippen molar-refractivity contribution in [1.29, 1.82) is 0 Å². The molecule has 2 aromatic rings. The van der Waals surface area contributed by atoms with Gasteiger partial charge in [0, 0.05) is 15.7 Å². The molecule has 0 heterocycles. The highest BCUT2D eigenvalue weighted by Crippen LogP contribution is 2.20. The molecule has 21 heavy (non-hydrogen) atoms. The van der Waals surface area contributed by atoms with Crippen LogP contribution in [-0.2, 0) is 6.42 Å². The predicted octanol–water partition coefficient (Wildman–Crippen LogP) is 2.36. The van der Waals surface area contributed by atoms with Gasteiger partial charge < -0.3 is 16.2 Å². The highest BCUT2D eigenvalue weighted by Gasteiger charge is 2.14. The minimum atomic E-state index is -0.323. The fraction of sp³-hybridized carbons (Fsp3) is 0.188. The summed E-state index contributed by atoms with van der Waals surface area (Å²) in [6.45, 7) is -0.114. The molecule has 2 rings (SSSR count). The van der Waals surface area contributed by atoms with E-state index in [1.807, 2.05) is 30.3 Å². The molecular formula is C16H17BrN2O2. The smallest absolute Gasteiger partial charge is 0.251 e. The van der Waals surface area contributed by atoms with E-state index in [2.05, 4.69) is 21.2 Å². The number of carbonyl (C=O) groups excluding carboxylic acids is 1. The summed E-state index contributed by atoms with van der Waals surface area (Å²) in [5.41, 5.74) is 7.85. The van der Waals surface area contributed by atoms with Gasteiger partial charge in [0.25, 0.3) is 5.91 Å². The average Bonchev–Trinajstić information content (AvgIpc) is 2.50. The van der Waals surface area contributed by atoms with Gasteiger partial charge in [-0.3, -0.25) is 4.79 Å². The highest BCUT2D eigenvalue weighted by molar-refractivity contribution is 9.10. The van der Waals surface area contributed by atoms with Crippen molar-refractivity contribution in [2.24, 2.45) is 0 Å². The lowest BCUT2D eigenvalue weighted by atomic mass is 10.1.